The van der Waals surface area contributed by atoms with Crippen LogP contribution in [0.1, 0.15) is 5.56 Å². The lowest BCUT2D eigenvalue weighted by Gasteiger charge is -1.97. The standard InChI is InChI=1S/C10H7NO2.C4H3NO2/c12-9-6-8(10(13)11-9)7-4-2-1-3-5-7;6-3-1-2-4(7)5-3/h1-6H,(H,11,12,13);1-2H,(H,5,6,7). The lowest BCUT2D eigenvalue weighted by molar-refractivity contribution is -0.125. The van der Waals surface area contributed by atoms with E-state index in [-0.39, 0.29) is 23.6 Å². The summed E-state index contributed by atoms with van der Waals surface area (Å²) in [6.45, 7) is 0. The summed E-state index contributed by atoms with van der Waals surface area (Å²) in [5, 5.41) is 4.22. The maximum atomic E-state index is 11.2. The average molecular weight is 270 g/mol. The number of carbonyl (C=O) groups is 4. The third-order valence-corrected chi connectivity index (χ3v) is 2.47. The van der Waals surface area contributed by atoms with E-state index in [1.165, 1.54) is 18.2 Å². The second-order valence-corrected chi connectivity index (χ2v) is 3.93. The van der Waals surface area contributed by atoms with Crippen molar-refractivity contribution >= 4 is 29.2 Å². The molecule has 100 valence electrons. The van der Waals surface area contributed by atoms with Crippen LogP contribution in [0.15, 0.2) is 48.6 Å². The van der Waals surface area contributed by atoms with Crippen molar-refractivity contribution in [2.45, 2.75) is 0 Å². The first kappa shape index (κ1) is 13.4. The molecular weight excluding hydrogens is 260 g/mol. The van der Waals surface area contributed by atoms with E-state index in [1.54, 1.807) is 12.1 Å². The SMILES string of the molecule is O=C1C=C(c2ccccc2)C(=O)N1.O=C1C=CC(=O)N1. The zero-order valence-electron chi connectivity index (χ0n) is 10.3. The van der Waals surface area contributed by atoms with E-state index in [9.17, 15) is 19.2 Å². The molecule has 2 aliphatic rings. The van der Waals surface area contributed by atoms with Crippen LogP contribution in [0.3, 0.4) is 0 Å². The Kier molecular flexibility index (Phi) is 3.85. The molecule has 0 atom stereocenters. The molecule has 0 bridgehead atoms. The van der Waals surface area contributed by atoms with Crippen LogP contribution < -0.4 is 10.6 Å². The third-order valence-electron chi connectivity index (χ3n) is 2.47. The molecule has 4 amide bonds. The summed E-state index contributed by atoms with van der Waals surface area (Å²) in [5.74, 6) is -1.32. The van der Waals surface area contributed by atoms with Gasteiger partial charge in [0.15, 0.2) is 0 Å². The molecule has 2 heterocycles. The van der Waals surface area contributed by atoms with E-state index in [0.717, 1.165) is 5.56 Å². The first-order valence-corrected chi connectivity index (χ1v) is 5.72. The minimum atomic E-state index is -0.344. The number of hydrogen-bond acceptors (Lipinski definition) is 4. The zero-order valence-corrected chi connectivity index (χ0v) is 10.3. The highest BCUT2D eigenvalue weighted by atomic mass is 16.2. The van der Waals surface area contributed by atoms with Gasteiger partial charge in [0.1, 0.15) is 0 Å². The van der Waals surface area contributed by atoms with Gasteiger partial charge in [-0.3, -0.25) is 29.8 Å². The van der Waals surface area contributed by atoms with Gasteiger partial charge in [-0.2, -0.15) is 0 Å². The number of hydrogen-bond donors (Lipinski definition) is 2. The van der Waals surface area contributed by atoms with E-state index in [0.29, 0.717) is 5.57 Å². The van der Waals surface area contributed by atoms with Crippen LogP contribution in [-0.2, 0) is 19.2 Å². The minimum Gasteiger partial charge on any atom is -0.289 e. The van der Waals surface area contributed by atoms with E-state index < -0.39 is 0 Å². The molecule has 0 saturated heterocycles. The molecule has 2 N–H and O–H groups in total. The van der Waals surface area contributed by atoms with Gasteiger partial charge in [0.05, 0.1) is 5.57 Å². The van der Waals surface area contributed by atoms with Crippen molar-refractivity contribution in [2.75, 3.05) is 0 Å². The first-order valence-electron chi connectivity index (χ1n) is 5.72. The van der Waals surface area contributed by atoms with Gasteiger partial charge in [0.2, 0.25) is 0 Å². The van der Waals surface area contributed by atoms with Gasteiger partial charge < -0.3 is 0 Å². The van der Waals surface area contributed by atoms with Gasteiger partial charge in [0.25, 0.3) is 23.6 Å². The van der Waals surface area contributed by atoms with Crippen molar-refractivity contribution < 1.29 is 19.2 Å². The molecule has 0 radical (unpaired) electrons. The molecule has 0 aliphatic carbocycles. The lowest BCUT2D eigenvalue weighted by Crippen LogP contribution is -2.21. The van der Waals surface area contributed by atoms with Crippen molar-refractivity contribution in [3.8, 4) is 0 Å². The van der Waals surface area contributed by atoms with Gasteiger partial charge in [-0.15, -0.1) is 0 Å². The molecule has 0 aromatic heterocycles. The predicted octanol–water partition coefficient (Wildman–Crippen LogP) is -0.0746. The van der Waals surface area contributed by atoms with Crippen LogP contribution >= 0.6 is 0 Å². The molecule has 1 aromatic carbocycles. The monoisotopic (exact) mass is 270 g/mol. The molecule has 6 heteroatoms. The van der Waals surface area contributed by atoms with Crippen LogP contribution in [0, 0.1) is 0 Å². The quantitative estimate of drug-likeness (QED) is 0.698. The predicted molar refractivity (Wildman–Crippen MR) is 69.9 cm³/mol. The Labute approximate surface area is 114 Å². The van der Waals surface area contributed by atoms with E-state index >= 15 is 0 Å². The van der Waals surface area contributed by atoms with Crippen molar-refractivity contribution in [3.63, 3.8) is 0 Å². The molecule has 3 rings (SSSR count). The topological polar surface area (TPSA) is 92.3 Å². The summed E-state index contributed by atoms with van der Waals surface area (Å²) in [6, 6.07) is 9.10. The van der Waals surface area contributed by atoms with E-state index in [1.807, 2.05) is 23.5 Å². The van der Waals surface area contributed by atoms with Gasteiger partial charge in [-0.05, 0) is 5.56 Å². The number of rotatable bonds is 1. The summed E-state index contributed by atoms with van der Waals surface area (Å²) in [6.07, 6.45) is 3.71. The van der Waals surface area contributed by atoms with Crippen molar-refractivity contribution in [3.05, 3.63) is 54.1 Å². The zero-order chi connectivity index (χ0) is 14.5. The molecule has 2 aliphatic heterocycles. The van der Waals surface area contributed by atoms with E-state index in [4.69, 9.17) is 0 Å². The maximum absolute atomic E-state index is 11.2. The summed E-state index contributed by atoms with van der Waals surface area (Å²) in [4.78, 5) is 42.1. The lowest BCUT2D eigenvalue weighted by atomic mass is 10.1. The summed E-state index contributed by atoms with van der Waals surface area (Å²) >= 11 is 0. The van der Waals surface area contributed by atoms with Gasteiger partial charge >= 0.3 is 0 Å². The fourth-order valence-corrected chi connectivity index (χ4v) is 1.60. The van der Waals surface area contributed by atoms with Gasteiger partial charge in [-0.1, -0.05) is 30.3 Å². The summed E-state index contributed by atoms with van der Waals surface area (Å²) in [7, 11) is 0. The Hall–Kier alpha value is -3.02. The molecule has 6 nitrogen and oxygen atoms in total. The van der Waals surface area contributed by atoms with Crippen molar-refractivity contribution in [1.29, 1.82) is 0 Å². The highest BCUT2D eigenvalue weighted by Crippen LogP contribution is 2.16. The number of nitrogens with one attached hydrogen (secondary N) is 2. The second-order valence-electron chi connectivity index (χ2n) is 3.93. The number of amides is 4. The number of carbonyl (C=O) groups excluding carboxylic acids is 4. The fraction of sp³-hybridized carbons (Fsp3) is 0. The fourth-order valence-electron chi connectivity index (χ4n) is 1.60. The summed E-state index contributed by atoms with van der Waals surface area (Å²) < 4.78 is 0. The first-order chi connectivity index (χ1) is 9.56. The van der Waals surface area contributed by atoms with Crippen molar-refractivity contribution in [1.82, 2.24) is 10.6 Å². The highest BCUT2D eigenvalue weighted by molar-refractivity contribution is 6.33. The van der Waals surface area contributed by atoms with Crippen molar-refractivity contribution in [2.24, 2.45) is 0 Å². The average Bonchev–Trinajstić information content (AvgIpc) is 2.96. The Morgan fingerprint density at radius 2 is 1.30 bits per heavy atom. The molecular formula is C14H10N2O4. The molecule has 0 fully saturated rings. The Morgan fingerprint density at radius 3 is 1.70 bits per heavy atom. The molecule has 0 spiro atoms. The van der Waals surface area contributed by atoms with Gasteiger partial charge in [-0.25, -0.2) is 0 Å². The molecule has 0 unspecified atom stereocenters. The number of imide groups is 2. The van der Waals surface area contributed by atoms with Crippen LogP contribution in [0.5, 0.6) is 0 Å². The summed E-state index contributed by atoms with van der Waals surface area (Å²) in [5.41, 5.74) is 1.21. The second kappa shape index (κ2) is 5.75. The Bertz CT molecular complexity index is 628. The molecule has 1 aromatic rings. The van der Waals surface area contributed by atoms with E-state index in [2.05, 4.69) is 5.32 Å². The largest absolute Gasteiger partial charge is 0.289 e. The smallest absolute Gasteiger partial charge is 0.258 e. The third kappa shape index (κ3) is 3.26. The Balaban J connectivity index is 0.000000178. The van der Waals surface area contributed by atoms with Crippen LogP contribution in [0.4, 0.5) is 0 Å². The maximum Gasteiger partial charge on any atom is 0.258 e. The van der Waals surface area contributed by atoms with Crippen LogP contribution in [0.2, 0.25) is 0 Å². The molecule has 20 heavy (non-hydrogen) atoms. The highest BCUT2D eigenvalue weighted by Gasteiger charge is 2.21. The minimum absolute atomic E-state index is 0.323. The number of benzene rings is 1. The van der Waals surface area contributed by atoms with Crippen LogP contribution in [-0.4, -0.2) is 23.6 Å². The normalized spacial score (nSPS) is 16.3. The Morgan fingerprint density at radius 1 is 0.700 bits per heavy atom. The van der Waals surface area contributed by atoms with Crippen LogP contribution in [0.25, 0.3) is 5.57 Å². The van der Waals surface area contributed by atoms with Gasteiger partial charge in [0, 0.05) is 18.2 Å². The molecule has 0 saturated carbocycles.